The van der Waals surface area contributed by atoms with Gasteiger partial charge in [-0.2, -0.15) is 21.0 Å². The highest BCUT2D eigenvalue weighted by atomic mass is 15.0. The number of nitriles is 4. The van der Waals surface area contributed by atoms with Crippen molar-refractivity contribution >= 4 is 55.0 Å². The Kier molecular flexibility index (Phi) is 7.84. The highest BCUT2D eigenvalue weighted by Gasteiger charge is 2.23. The average molecular weight is 725 g/mol. The van der Waals surface area contributed by atoms with E-state index in [2.05, 4.69) is 61.3 Å². The number of hydrogen-bond acceptors (Lipinski definition) is 4. The molecule has 0 radical (unpaired) electrons. The molecule has 0 amide bonds. The minimum atomic E-state index is 0.446. The van der Waals surface area contributed by atoms with Crippen molar-refractivity contribution in [3.8, 4) is 57.9 Å². The van der Waals surface area contributed by atoms with E-state index in [1.54, 1.807) is 30.3 Å². The Bertz CT molecular complexity index is 3360. The molecule has 260 valence electrons. The fraction of sp³-hybridized carbons (Fsp3) is 0.0204. The number of aromatic nitrogens is 2. The molecule has 9 rings (SSSR count). The second-order valence-electron chi connectivity index (χ2n) is 13.7. The van der Waals surface area contributed by atoms with Crippen molar-refractivity contribution in [2.24, 2.45) is 0 Å². The zero-order valence-corrected chi connectivity index (χ0v) is 30.2. The molecule has 0 aliphatic heterocycles. The number of benzene rings is 7. The van der Waals surface area contributed by atoms with Crippen LogP contribution >= 0.6 is 0 Å². The Morgan fingerprint density at radius 2 is 0.860 bits per heavy atom. The van der Waals surface area contributed by atoms with Crippen LogP contribution in [0.25, 0.3) is 86.9 Å². The van der Waals surface area contributed by atoms with Crippen LogP contribution in [0.4, 0.5) is 11.4 Å². The predicted molar refractivity (Wildman–Crippen MR) is 222 cm³/mol. The predicted octanol–water partition coefficient (Wildman–Crippen LogP) is 12.1. The molecule has 0 atom stereocenters. The first-order chi connectivity index (χ1) is 27.9. The molecule has 0 fully saturated rings. The van der Waals surface area contributed by atoms with Gasteiger partial charge in [-0.3, -0.25) is 0 Å². The molecule has 2 aromatic heterocycles. The molecule has 0 saturated heterocycles. The molecule has 7 aromatic carbocycles. The van der Waals surface area contributed by atoms with E-state index in [0.717, 1.165) is 77.1 Å². The first-order valence-electron chi connectivity index (χ1n) is 17.8. The van der Waals surface area contributed by atoms with Gasteiger partial charge in [-0.1, -0.05) is 30.3 Å². The standard InChI is InChI=1S/C49H24N8/c1-29-18-30(25-50)4-11-37(29)34-8-15-46(56-47-16-9-35(54-2)23-42(47)43-24-36(55-3)10-17-48(43)56)41(22-34)38-12-5-33(28-53)21-49(38)57-44-13-6-31(26-51)19-39(44)40-20-32(27-52)7-14-45(40)57/h4-24H,1H3. The molecule has 0 spiro atoms. The summed E-state index contributed by atoms with van der Waals surface area (Å²) in [6.07, 6.45) is 0. The summed E-state index contributed by atoms with van der Waals surface area (Å²) in [4.78, 5) is 7.41. The summed E-state index contributed by atoms with van der Waals surface area (Å²) in [5.74, 6) is 0. The molecular weight excluding hydrogens is 701 g/mol. The molecule has 2 heterocycles. The van der Waals surface area contributed by atoms with E-state index in [4.69, 9.17) is 13.1 Å². The van der Waals surface area contributed by atoms with Gasteiger partial charge in [0, 0.05) is 21.9 Å². The van der Waals surface area contributed by atoms with Crippen LogP contribution in [0, 0.1) is 65.4 Å². The number of fused-ring (bicyclic) bond motifs is 6. The number of nitrogens with zero attached hydrogens (tertiary/aromatic N) is 8. The minimum absolute atomic E-state index is 0.446. The van der Waals surface area contributed by atoms with Crippen molar-refractivity contribution in [2.75, 3.05) is 0 Å². The molecule has 8 heteroatoms. The second-order valence-corrected chi connectivity index (χ2v) is 13.7. The van der Waals surface area contributed by atoms with Crippen molar-refractivity contribution < 1.29 is 0 Å². The molecule has 0 unspecified atom stereocenters. The number of aryl methyl sites for hydroxylation is 1. The summed E-state index contributed by atoms with van der Waals surface area (Å²) < 4.78 is 4.24. The molecule has 8 nitrogen and oxygen atoms in total. The first kappa shape index (κ1) is 33.9. The van der Waals surface area contributed by atoms with Gasteiger partial charge in [-0.05, 0) is 131 Å². The normalized spacial score (nSPS) is 10.8. The second kappa shape index (κ2) is 13.2. The molecule has 0 saturated carbocycles. The zero-order valence-electron chi connectivity index (χ0n) is 30.2. The molecule has 0 aliphatic rings. The van der Waals surface area contributed by atoms with E-state index in [0.29, 0.717) is 39.3 Å². The lowest BCUT2D eigenvalue weighted by atomic mass is 9.92. The van der Waals surface area contributed by atoms with E-state index in [1.807, 2.05) is 85.8 Å². The minimum Gasteiger partial charge on any atom is -0.309 e. The van der Waals surface area contributed by atoms with E-state index in [9.17, 15) is 21.0 Å². The summed E-state index contributed by atoms with van der Waals surface area (Å²) in [6, 6.07) is 48.7. The van der Waals surface area contributed by atoms with Crippen LogP contribution in [0.15, 0.2) is 127 Å². The SMILES string of the molecule is [C-]#[N+]c1ccc2c(c1)c1cc([N+]#[C-])ccc1n2-c1ccc(-c2ccc(C#N)cc2C)cc1-c1ccc(C#N)cc1-n1c2ccc(C#N)cc2c2cc(C#N)ccc21. The summed E-state index contributed by atoms with van der Waals surface area (Å²) in [5.41, 5.74) is 12.2. The van der Waals surface area contributed by atoms with Gasteiger partial charge in [0.05, 0.1) is 93.1 Å². The quantitative estimate of drug-likeness (QED) is 0.168. The van der Waals surface area contributed by atoms with Crippen LogP contribution in [-0.4, -0.2) is 9.13 Å². The van der Waals surface area contributed by atoms with Gasteiger partial charge in [0.25, 0.3) is 0 Å². The van der Waals surface area contributed by atoms with Crippen LogP contribution in [0.3, 0.4) is 0 Å². The number of rotatable bonds is 4. The summed E-state index contributed by atoms with van der Waals surface area (Å²) in [6.45, 7) is 17.5. The molecule has 0 N–H and O–H groups in total. The van der Waals surface area contributed by atoms with Crippen molar-refractivity contribution in [1.82, 2.24) is 9.13 Å². The van der Waals surface area contributed by atoms with Gasteiger partial charge in [-0.15, -0.1) is 0 Å². The Labute approximate surface area is 327 Å². The maximum atomic E-state index is 10.3. The van der Waals surface area contributed by atoms with Crippen LogP contribution in [0.5, 0.6) is 0 Å². The van der Waals surface area contributed by atoms with Crippen molar-refractivity contribution in [1.29, 1.82) is 21.0 Å². The smallest absolute Gasteiger partial charge is 0.188 e. The monoisotopic (exact) mass is 724 g/mol. The lowest BCUT2D eigenvalue weighted by Gasteiger charge is -2.20. The molecule has 57 heavy (non-hydrogen) atoms. The Morgan fingerprint density at radius 3 is 1.37 bits per heavy atom. The van der Waals surface area contributed by atoms with Gasteiger partial charge >= 0.3 is 0 Å². The lowest BCUT2D eigenvalue weighted by Crippen LogP contribution is -2.03. The van der Waals surface area contributed by atoms with Crippen molar-refractivity contribution in [3.63, 3.8) is 0 Å². The van der Waals surface area contributed by atoms with Crippen LogP contribution < -0.4 is 0 Å². The maximum absolute atomic E-state index is 10.3. The van der Waals surface area contributed by atoms with E-state index in [-0.39, 0.29) is 0 Å². The van der Waals surface area contributed by atoms with Gasteiger partial charge in [0.15, 0.2) is 11.4 Å². The van der Waals surface area contributed by atoms with Gasteiger partial charge in [0.2, 0.25) is 0 Å². The summed E-state index contributed by atoms with van der Waals surface area (Å²) in [5, 5.41) is 42.9. The van der Waals surface area contributed by atoms with Crippen LogP contribution in [0.2, 0.25) is 0 Å². The maximum Gasteiger partial charge on any atom is 0.188 e. The molecular formula is C49H24N8. The fourth-order valence-electron chi connectivity index (χ4n) is 8.01. The molecule has 0 aliphatic carbocycles. The van der Waals surface area contributed by atoms with Gasteiger partial charge < -0.3 is 9.13 Å². The topological polar surface area (TPSA) is 114 Å². The highest BCUT2D eigenvalue weighted by Crippen LogP contribution is 2.44. The Morgan fingerprint density at radius 1 is 0.421 bits per heavy atom. The third-order valence-electron chi connectivity index (χ3n) is 10.6. The van der Waals surface area contributed by atoms with E-state index >= 15 is 0 Å². The summed E-state index contributed by atoms with van der Waals surface area (Å²) >= 11 is 0. The largest absolute Gasteiger partial charge is 0.309 e. The van der Waals surface area contributed by atoms with E-state index in [1.165, 1.54) is 0 Å². The number of hydrogen-bond donors (Lipinski definition) is 0. The third-order valence-corrected chi connectivity index (χ3v) is 10.6. The third kappa shape index (κ3) is 5.32. The van der Waals surface area contributed by atoms with Crippen LogP contribution in [-0.2, 0) is 0 Å². The average Bonchev–Trinajstić information content (AvgIpc) is 3.76. The van der Waals surface area contributed by atoms with Crippen molar-refractivity contribution in [2.45, 2.75) is 6.92 Å². The van der Waals surface area contributed by atoms with Gasteiger partial charge in [0.1, 0.15) is 0 Å². The highest BCUT2D eigenvalue weighted by molar-refractivity contribution is 6.13. The first-order valence-corrected chi connectivity index (χ1v) is 17.8. The lowest BCUT2D eigenvalue weighted by molar-refractivity contribution is 1.16. The van der Waals surface area contributed by atoms with Crippen molar-refractivity contribution in [3.05, 3.63) is 178 Å². The Hall–Kier alpha value is -8.92. The Balaban J connectivity index is 1.43. The van der Waals surface area contributed by atoms with Crippen LogP contribution in [0.1, 0.15) is 27.8 Å². The summed E-state index contributed by atoms with van der Waals surface area (Å²) in [7, 11) is 0. The van der Waals surface area contributed by atoms with E-state index < -0.39 is 0 Å². The fourth-order valence-corrected chi connectivity index (χ4v) is 8.01. The molecule has 9 aromatic rings. The van der Waals surface area contributed by atoms with Gasteiger partial charge in [-0.25, -0.2) is 9.69 Å². The zero-order chi connectivity index (χ0) is 39.4. The molecule has 0 bridgehead atoms.